The molecular formula is C87H170N12O16+8. The maximum atomic E-state index is 12.6. The van der Waals surface area contributed by atoms with E-state index < -0.39 is 11.9 Å². The lowest BCUT2D eigenvalue weighted by atomic mass is 9.49. The summed E-state index contributed by atoms with van der Waals surface area (Å²) >= 11 is 0. The zero-order chi connectivity index (χ0) is 89.8. The molecule has 28 nitrogen and oxygen atoms in total. The molecule has 4 bridgehead atoms. The molecule has 5 aliphatic carbocycles. The summed E-state index contributed by atoms with van der Waals surface area (Å²) in [7, 11) is 50.2. The number of amides is 4. The number of hydrogen-bond acceptors (Lipinski definition) is 16. The van der Waals surface area contributed by atoms with Crippen LogP contribution >= 0.6 is 0 Å². The molecule has 5 aliphatic rings. The third-order valence-electron chi connectivity index (χ3n) is 17.9. The monoisotopic (exact) mass is 1640 g/mol. The molecule has 4 amide bonds. The largest absolute Gasteiger partial charge is 0.462 e. The third kappa shape index (κ3) is 74.1. The summed E-state index contributed by atoms with van der Waals surface area (Å²) in [6.45, 7) is 37.3. The van der Waals surface area contributed by atoms with E-state index in [9.17, 15) is 47.9 Å². The molecule has 5 saturated carbocycles. The molecule has 666 valence electrons. The average molecular weight is 1640 g/mol. The van der Waals surface area contributed by atoms with Gasteiger partial charge in [0.2, 0.25) is 23.6 Å². The van der Waals surface area contributed by atoms with Crippen LogP contribution in [0.2, 0.25) is 0 Å². The molecule has 0 aromatic heterocycles. The number of carbonyl (C=O) groups is 10. The van der Waals surface area contributed by atoms with Gasteiger partial charge in [0.25, 0.3) is 0 Å². The van der Waals surface area contributed by atoms with E-state index in [4.69, 9.17) is 28.4 Å². The zero-order valence-corrected chi connectivity index (χ0v) is 77.7. The fourth-order valence-electron chi connectivity index (χ4n) is 11.8. The molecule has 0 spiro atoms. The molecule has 0 aromatic carbocycles. The molecule has 0 radical (unpaired) electrons. The third-order valence-corrected chi connectivity index (χ3v) is 17.9. The van der Waals surface area contributed by atoms with E-state index in [2.05, 4.69) is 188 Å². The van der Waals surface area contributed by atoms with Crippen molar-refractivity contribution in [1.82, 2.24) is 21.3 Å². The summed E-state index contributed by atoms with van der Waals surface area (Å²) in [4.78, 5) is 112. The van der Waals surface area contributed by atoms with Gasteiger partial charge in [0.1, 0.15) is 26.3 Å². The number of nitrogens with zero attached hydrogens (tertiary/aromatic N) is 8. The summed E-state index contributed by atoms with van der Waals surface area (Å²) in [6.07, 6.45) is 19.4. The van der Waals surface area contributed by atoms with Crippen LogP contribution in [-0.2, 0) is 76.4 Å². The number of nitrogens with one attached hydrogen (secondary N) is 4. The van der Waals surface area contributed by atoms with Gasteiger partial charge in [-0.2, -0.15) is 0 Å². The molecule has 28 heteroatoms. The topological polar surface area (TPSA) is 274 Å². The summed E-state index contributed by atoms with van der Waals surface area (Å²) in [6, 6.07) is 0. The van der Waals surface area contributed by atoms with Crippen LogP contribution in [0.1, 0.15) is 117 Å². The number of rotatable bonds is 40. The predicted molar refractivity (Wildman–Crippen MR) is 462 cm³/mol. The standard InChI is InChI=1S/C18H30NO4.C14H26NO4.C10H20N2O.C10H20NO2.2C9H18N2O.C9H18NO2.C8H16N2O/c1-19(2,3)4-5-22-16(20)12-23-17(21)18-9-13-6-14(10-18)8-15(7-13)11-18;1-15(2,3)9-10-18-13(16)11-19-14(17)12-7-5-4-6-8-12;1-9(2)10(13)11-7-6-8-12(3,4)5;1-9(2)10(12)13-8-6-7-11(3,4)5;1-8(2)9(12)10-6-7-11(3,4)5;1-5-9(12)10-7-6-8-11(2,3)4;1-5-9(11)12-8-6-7-10(2,3)4;1-5-8(11)9-6-7-10(2,3)4/h13-15H,4-12H2,1-3H3;12H,4-11H2,1-3H3;2*1,6-8H2,2-5H3;1,6-7H2,2-5H3;2*5H,1,6-8H2,2-4H3;5H,1,6-7H2,2-4H3/q2*+1;;+1;;;+1;/p+4. The first-order valence-electron chi connectivity index (χ1n) is 40.9. The Morgan fingerprint density at radius 2 is 0.678 bits per heavy atom. The second-order valence-corrected chi connectivity index (χ2v) is 39.0. The Morgan fingerprint density at radius 3 is 1.02 bits per heavy atom. The van der Waals surface area contributed by atoms with Gasteiger partial charge in [-0.1, -0.05) is 58.7 Å². The maximum absolute atomic E-state index is 12.6. The molecule has 115 heavy (non-hydrogen) atoms. The molecule has 4 N–H and O–H groups in total. The number of esters is 6. The fraction of sp³-hybridized carbons (Fsp3) is 0.747. The van der Waals surface area contributed by atoms with Crippen LogP contribution < -0.4 is 21.3 Å². The van der Waals surface area contributed by atoms with Crippen molar-refractivity contribution in [2.75, 3.05) is 287 Å². The molecule has 0 aromatic rings. The highest BCUT2D eigenvalue weighted by Gasteiger charge is 2.55. The summed E-state index contributed by atoms with van der Waals surface area (Å²) in [5.41, 5.74) is 1.31. The van der Waals surface area contributed by atoms with E-state index in [1.165, 1.54) is 43.9 Å². The number of carbonyl (C=O) groups excluding carboxylic acids is 10. The minimum Gasteiger partial charge on any atom is -0.462 e. The van der Waals surface area contributed by atoms with E-state index in [1.54, 1.807) is 20.8 Å². The van der Waals surface area contributed by atoms with Gasteiger partial charge in [0, 0.05) is 61.6 Å². The van der Waals surface area contributed by atoms with E-state index in [-0.39, 0.29) is 72.1 Å². The molecule has 5 fully saturated rings. The van der Waals surface area contributed by atoms with E-state index >= 15 is 0 Å². The maximum Gasteiger partial charge on any atom is 0.344 e. The van der Waals surface area contributed by atoms with Crippen LogP contribution in [0.4, 0.5) is 0 Å². The summed E-state index contributed by atoms with van der Waals surface area (Å²) < 4.78 is 37.1. The van der Waals surface area contributed by atoms with E-state index in [1.807, 2.05) is 42.3 Å². The first-order valence-corrected chi connectivity index (χ1v) is 40.9. The van der Waals surface area contributed by atoms with Crippen LogP contribution in [0, 0.1) is 29.1 Å². The number of quaternary nitrogens is 8. The number of likely N-dealkylation sites (N-methyl/N-ethyl adjacent to an activating group) is 4. The fourth-order valence-corrected chi connectivity index (χ4v) is 11.8. The van der Waals surface area contributed by atoms with Crippen LogP contribution in [0.25, 0.3) is 0 Å². The summed E-state index contributed by atoms with van der Waals surface area (Å²) in [5, 5.41) is 11.0. The van der Waals surface area contributed by atoms with Crippen molar-refractivity contribution in [1.29, 1.82) is 0 Å². The Labute approximate surface area is 697 Å². The van der Waals surface area contributed by atoms with Gasteiger partial charge in [-0.05, 0) is 102 Å². The van der Waals surface area contributed by atoms with Crippen molar-refractivity contribution in [2.24, 2.45) is 29.1 Å². The van der Waals surface area contributed by atoms with Gasteiger partial charge < -0.3 is 85.6 Å². The Balaban J connectivity index is -0.000000622. The zero-order valence-electron chi connectivity index (χ0n) is 77.7. The minimum absolute atomic E-state index is 0.0206. The van der Waals surface area contributed by atoms with Gasteiger partial charge in [-0.3, -0.25) is 28.8 Å². The quantitative estimate of drug-likeness (QED) is 0.0160. The molecule has 0 unspecified atom stereocenters. The molecule has 5 rings (SSSR count). The van der Waals surface area contributed by atoms with Gasteiger partial charge in [0.05, 0.1) is 246 Å². The van der Waals surface area contributed by atoms with Gasteiger partial charge in [-0.25, -0.2) is 19.2 Å². The molecule has 0 heterocycles. The van der Waals surface area contributed by atoms with Crippen LogP contribution in [0.5, 0.6) is 0 Å². The van der Waals surface area contributed by atoms with Gasteiger partial charge >= 0.3 is 35.8 Å². The second kappa shape index (κ2) is 57.8. The lowest BCUT2D eigenvalue weighted by Gasteiger charge is -2.55. The van der Waals surface area contributed by atoms with Crippen molar-refractivity contribution in [3.8, 4) is 0 Å². The van der Waals surface area contributed by atoms with Crippen molar-refractivity contribution >= 4 is 59.4 Å². The van der Waals surface area contributed by atoms with Gasteiger partial charge in [-0.15, -0.1) is 0 Å². The van der Waals surface area contributed by atoms with Crippen molar-refractivity contribution < 1.29 is 112 Å². The SMILES string of the molecule is C=C(C)C(=O)NCCC[N+](C)(C)C.C=C(C)C(=O)NCC[N+](C)(C)C.C=C(C)C(=O)OCCC[N+](C)(C)C.C=CC(=O)NCCC[N+](C)(C)C.C=CC(=O)NCC[N+](C)(C)C.C=CC(=O)OCCC[N+](C)(C)C.C[N+](C)(C)CCOC(=O)COC(=O)C12CC3CC(CC(C3)C1)C2.C[N+](C)(C)CCOC(=O)COC(=O)C1CCCCC1. The minimum atomic E-state index is -0.461. The van der Waals surface area contributed by atoms with Crippen LogP contribution in [0.15, 0.2) is 74.4 Å². The Kier molecular flexibility index (Phi) is 57.4. The van der Waals surface area contributed by atoms with Crippen molar-refractivity contribution in [3.05, 3.63) is 74.4 Å². The highest BCUT2D eigenvalue weighted by Crippen LogP contribution is 2.60. The van der Waals surface area contributed by atoms with Crippen molar-refractivity contribution in [2.45, 2.75) is 117 Å². The van der Waals surface area contributed by atoms with Crippen molar-refractivity contribution in [3.63, 3.8) is 0 Å². The Hall–Kier alpha value is -7.18. The molecular weight excluding hydrogens is 1470 g/mol. The van der Waals surface area contributed by atoms with E-state index in [0.29, 0.717) is 74.0 Å². The summed E-state index contributed by atoms with van der Waals surface area (Å²) in [5.74, 6) is -0.121. The lowest BCUT2D eigenvalue weighted by Crippen LogP contribution is -2.50. The second-order valence-electron chi connectivity index (χ2n) is 39.0. The first-order chi connectivity index (χ1) is 52.5. The Morgan fingerprint density at radius 1 is 0.357 bits per heavy atom. The first kappa shape index (κ1) is 114. The number of ether oxygens (including phenoxy) is 6. The predicted octanol–water partition coefficient (Wildman–Crippen LogP) is 6.91. The average Bonchev–Trinajstić information content (AvgIpc) is 0.743. The molecule has 0 atom stereocenters. The molecule has 0 saturated heterocycles. The highest BCUT2D eigenvalue weighted by atomic mass is 16.6. The van der Waals surface area contributed by atoms with Gasteiger partial charge in [0.15, 0.2) is 13.2 Å². The Bertz CT molecular complexity index is 2840. The van der Waals surface area contributed by atoms with E-state index in [0.717, 1.165) is 172 Å². The smallest absolute Gasteiger partial charge is 0.344 e. The van der Waals surface area contributed by atoms with Crippen LogP contribution in [-0.4, -0.2) is 383 Å². The lowest BCUT2D eigenvalue weighted by molar-refractivity contribution is -0.870. The van der Waals surface area contributed by atoms with Crippen LogP contribution in [0.3, 0.4) is 0 Å². The number of hydrogen-bond donors (Lipinski definition) is 4. The normalized spacial score (nSPS) is 16.8. The highest BCUT2D eigenvalue weighted by molar-refractivity contribution is 5.92. The molecule has 0 aliphatic heterocycles.